The van der Waals surface area contributed by atoms with Crippen molar-refractivity contribution in [3.8, 4) is 0 Å². The first-order chi connectivity index (χ1) is 14.4. The third-order valence-electron chi connectivity index (χ3n) is 4.02. The average molecular weight is 438 g/mol. The smallest absolute Gasteiger partial charge is 0.410 e. The molecular weight excluding hydrogens is 398 g/mol. The fraction of sp³-hybridized carbons (Fsp3) is 0.682. The summed E-state index contributed by atoms with van der Waals surface area (Å²) in [6.07, 6.45) is 8.41. The normalized spacial score (nSPS) is 11.8. The Labute approximate surface area is 186 Å². The number of unbranched alkanes of at least 4 members (excludes halogenated alkanes) is 1. The highest BCUT2D eigenvalue weighted by molar-refractivity contribution is 7.98. The van der Waals surface area contributed by atoms with Crippen LogP contribution >= 0.6 is 11.8 Å². The Morgan fingerprint density at radius 1 is 1.27 bits per heavy atom. The van der Waals surface area contributed by atoms with Crippen LogP contribution in [0.2, 0.25) is 0 Å². The van der Waals surface area contributed by atoms with Gasteiger partial charge in [0, 0.05) is 38.6 Å². The molecule has 1 heterocycles. The van der Waals surface area contributed by atoms with Gasteiger partial charge in [-0.05, 0) is 70.6 Å². The molecule has 7 nitrogen and oxygen atoms in total. The first-order valence-corrected chi connectivity index (χ1v) is 12.1. The van der Waals surface area contributed by atoms with Gasteiger partial charge in [0.25, 0.3) is 0 Å². The van der Waals surface area contributed by atoms with Gasteiger partial charge in [-0.3, -0.25) is 9.98 Å². The highest BCUT2D eigenvalue weighted by Crippen LogP contribution is 2.13. The number of pyridine rings is 1. The number of ether oxygens (including phenoxy) is 1. The van der Waals surface area contributed by atoms with Crippen molar-refractivity contribution < 1.29 is 9.53 Å². The molecule has 0 saturated heterocycles. The Hall–Kier alpha value is -1.96. The van der Waals surface area contributed by atoms with Gasteiger partial charge >= 0.3 is 6.09 Å². The van der Waals surface area contributed by atoms with Gasteiger partial charge in [0.05, 0.1) is 6.54 Å². The van der Waals surface area contributed by atoms with Crippen molar-refractivity contribution in [2.45, 2.75) is 59.1 Å². The molecule has 0 aliphatic rings. The first-order valence-electron chi connectivity index (χ1n) is 10.7. The molecule has 30 heavy (non-hydrogen) atoms. The monoisotopic (exact) mass is 437 g/mol. The van der Waals surface area contributed by atoms with Crippen LogP contribution in [0.4, 0.5) is 4.79 Å². The quantitative estimate of drug-likeness (QED) is 0.293. The maximum atomic E-state index is 12.6. The van der Waals surface area contributed by atoms with E-state index in [-0.39, 0.29) is 6.09 Å². The van der Waals surface area contributed by atoms with Crippen molar-refractivity contribution in [2.75, 3.05) is 38.2 Å². The second-order valence-electron chi connectivity index (χ2n) is 8.00. The lowest BCUT2D eigenvalue weighted by Crippen LogP contribution is -2.38. The predicted molar refractivity (Wildman–Crippen MR) is 127 cm³/mol. The third kappa shape index (κ3) is 12.6. The van der Waals surface area contributed by atoms with Crippen LogP contribution in [0.3, 0.4) is 0 Å². The molecule has 0 spiro atoms. The van der Waals surface area contributed by atoms with E-state index < -0.39 is 5.60 Å². The van der Waals surface area contributed by atoms with Gasteiger partial charge in [0.2, 0.25) is 0 Å². The molecule has 0 bridgehead atoms. The molecule has 0 atom stereocenters. The van der Waals surface area contributed by atoms with Crippen molar-refractivity contribution >= 4 is 23.8 Å². The van der Waals surface area contributed by atoms with Gasteiger partial charge in [0.15, 0.2) is 5.96 Å². The fourth-order valence-electron chi connectivity index (χ4n) is 2.65. The minimum absolute atomic E-state index is 0.311. The Morgan fingerprint density at radius 2 is 2.07 bits per heavy atom. The molecule has 0 aliphatic heterocycles. The molecule has 1 amide bonds. The second-order valence-corrected chi connectivity index (χ2v) is 8.99. The molecule has 0 fully saturated rings. The van der Waals surface area contributed by atoms with Crippen LogP contribution in [0.1, 0.15) is 52.5 Å². The molecule has 170 valence electrons. The van der Waals surface area contributed by atoms with Crippen molar-refractivity contribution in [3.63, 3.8) is 0 Å². The Balaban J connectivity index is 2.58. The SMILES string of the molecule is CCNC(=NCCCN(Cc1cccnc1)C(=O)OC(C)(C)C)NCCCCSC. The van der Waals surface area contributed by atoms with Crippen LogP contribution in [-0.4, -0.2) is 65.7 Å². The summed E-state index contributed by atoms with van der Waals surface area (Å²) in [7, 11) is 0. The van der Waals surface area contributed by atoms with Gasteiger partial charge in [-0.1, -0.05) is 6.07 Å². The number of nitrogens with one attached hydrogen (secondary N) is 2. The zero-order chi connectivity index (χ0) is 22.2. The van der Waals surface area contributed by atoms with E-state index in [0.717, 1.165) is 37.5 Å². The standard InChI is InChI=1S/C22H39N5O2S/c1-6-24-20(25-13-7-8-16-30-5)26-14-10-15-27(21(28)29-22(2,3)4)18-19-11-9-12-23-17-19/h9,11-12,17H,6-8,10,13-16,18H2,1-5H3,(H2,24,25,26). The lowest BCUT2D eigenvalue weighted by Gasteiger charge is -2.27. The highest BCUT2D eigenvalue weighted by atomic mass is 32.2. The summed E-state index contributed by atoms with van der Waals surface area (Å²) in [5.41, 5.74) is 0.452. The Morgan fingerprint density at radius 3 is 2.70 bits per heavy atom. The van der Waals surface area contributed by atoms with Gasteiger partial charge in [-0.2, -0.15) is 11.8 Å². The molecule has 0 saturated carbocycles. The van der Waals surface area contributed by atoms with Gasteiger partial charge < -0.3 is 20.3 Å². The number of aromatic nitrogens is 1. The minimum Gasteiger partial charge on any atom is -0.444 e. The van der Waals surface area contributed by atoms with Crippen LogP contribution in [0.5, 0.6) is 0 Å². The summed E-state index contributed by atoms with van der Waals surface area (Å²) >= 11 is 1.88. The van der Waals surface area contributed by atoms with Crippen LogP contribution < -0.4 is 10.6 Å². The van der Waals surface area contributed by atoms with E-state index in [1.54, 1.807) is 17.3 Å². The number of rotatable bonds is 12. The van der Waals surface area contributed by atoms with Gasteiger partial charge in [-0.15, -0.1) is 0 Å². The maximum Gasteiger partial charge on any atom is 0.410 e. The lowest BCUT2D eigenvalue weighted by atomic mass is 10.2. The van der Waals surface area contributed by atoms with E-state index in [2.05, 4.69) is 33.8 Å². The number of hydrogen-bond acceptors (Lipinski definition) is 5. The summed E-state index contributed by atoms with van der Waals surface area (Å²) in [5.74, 6) is 2.02. The van der Waals surface area contributed by atoms with E-state index in [0.29, 0.717) is 19.6 Å². The number of amides is 1. The summed E-state index contributed by atoms with van der Waals surface area (Å²) in [6.45, 7) is 11.1. The van der Waals surface area contributed by atoms with Crippen molar-refractivity contribution in [2.24, 2.45) is 4.99 Å². The number of carbonyl (C=O) groups excluding carboxylic acids is 1. The van der Waals surface area contributed by atoms with E-state index in [9.17, 15) is 4.79 Å². The zero-order valence-electron chi connectivity index (χ0n) is 19.2. The number of hydrogen-bond donors (Lipinski definition) is 2. The van der Waals surface area contributed by atoms with Crippen molar-refractivity contribution in [3.05, 3.63) is 30.1 Å². The highest BCUT2D eigenvalue weighted by Gasteiger charge is 2.22. The van der Waals surface area contributed by atoms with Crippen LogP contribution in [0, 0.1) is 0 Å². The number of nitrogens with zero attached hydrogens (tertiary/aromatic N) is 3. The molecule has 0 unspecified atom stereocenters. The largest absolute Gasteiger partial charge is 0.444 e. The minimum atomic E-state index is -0.527. The second kappa shape index (κ2) is 14.9. The summed E-state index contributed by atoms with van der Waals surface area (Å²) in [4.78, 5) is 23.1. The predicted octanol–water partition coefficient (Wildman–Crippen LogP) is 3.91. The molecule has 0 aliphatic carbocycles. The van der Waals surface area contributed by atoms with Crippen LogP contribution in [0.25, 0.3) is 0 Å². The molecule has 8 heteroatoms. The Bertz CT molecular complexity index is 620. The molecule has 1 aromatic rings. The van der Waals surface area contributed by atoms with Crippen molar-refractivity contribution in [1.29, 1.82) is 0 Å². The Kier molecular flexibility index (Phi) is 13.0. The number of guanidine groups is 1. The van der Waals surface area contributed by atoms with E-state index >= 15 is 0 Å². The number of thioether (sulfide) groups is 1. The molecule has 1 aromatic heterocycles. The lowest BCUT2D eigenvalue weighted by molar-refractivity contribution is 0.0232. The van der Waals surface area contributed by atoms with Gasteiger partial charge in [0.1, 0.15) is 5.60 Å². The number of aliphatic imine (C=N–C) groups is 1. The molecule has 2 N–H and O–H groups in total. The zero-order valence-corrected chi connectivity index (χ0v) is 20.1. The van der Waals surface area contributed by atoms with Gasteiger partial charge in [-0.25, -0.2) is 4.79 Å². The number of carbonyl (C=O) groups is 1. The van der Waals surface area contributed by atoms with Crippen LogP contribution in [-0.2, 0) is 11.3 Å². The maximum absolute atomic E-state index is 12.6. The molecular formula is C22H39N5O2S. The fourth-order valence-corrected chi connectivity index (χ4v) is 3.14. The van der Waals surface area contributed by atoms with E-state index in [1.165, 1.54) is 12.2 Å². The molecule has 1 rings (SSSR count). The summed E-state index contributed by atoms with van der Waals surface area (Å²) < 4.78 is 5.58. The summed E-state index contributed by atoms with van der Waals surface area (Å²) in [6, 6.07) is 3.84. The summed E-state index contributed by atoms with van der Waals surface area (Å²) in [5, 5.41) is 6.65. The van der Waals surface area contributed by atoms with Crippen molar-refractivity contribution in [1.82, 2.24) is 20.5 Å². The first kappa shape index (κ1) is 26.1. The van der Waals surface area contributed by atoms with E-state index in [4.69, 9.17) is 4.74 Å². The van der Waals surface area contributed by atoms with E-state index in [1.807, 2.05) is 44.7 Å². The topological polar surface area (TPSA) is 78.9 Å². The third-order valence-corrected chi connectivity index (χ3v) is 4.71. The molecule has 0 radical (unpaired) electrons. The average Bonchev–Trinajstić information content (AvgIpc) is 2.69. The molecule has 0 aromatic carbocycles. The van der Waals surface area contributed by atoms with Crippen LogP contribution in [0.15, 0.2) is 29.5 Å².